The Bertz CT molecular complexity index is 790. The summed E-state index contributed by atoms with van der Waals surface area (Å²) in [5.41, 5.74) is 1.67. The van der Waals surface area contributed by atoms with E-state index in [4.69, 9.17) is 14.2 Å². The van der Waals surface area contributed by atoms with Gasteiger partial charge in [-0.2, -0.15) is 0 Å². The Kier molecular flexibility index (Phi) is 6.19. The molecule has 2 aromatic rings. The van der Waals surface area contributed by atoms with Crippen LogP contribution < -0.4 is 19.5 Å². The number of ether oxygens (including phenoxy) is 3. The molecule has 1 aliphatic heterocycles. The summed E-state index contributed by atoms with van der Waals surface area (Å²) in [6.45, 7) is 6.71. The number of rotatable bonds is 8. The third-order valence-electron chi connectivity index (χ3n) is 4.82. The second-order valence-electron chi connectivity index (χ2n) is 6.29. The van der Waals surface area contributed by atoms with Crippen molar-refractivity contribution in [2.45, 2.75) is 19.9 Å². The number of nitrogens with one attached hydrogen (secondary N) is 1. The van der Waals surface area contributed by atoms with E-state index in [-0.39, 0.29) is 18.7 Å². The van der Waals surface area contributed by atoms with Crippen LogP contribution >= 0.6 is 0 Å². The van der Waals surface area contributed by atoms with E-state index >= 15 is 0 Å². The quantitative estimate of drug-likeness (QED) is 0.773. The summed E-state index contributed by atoms with van der Waals surface area (Å²) in [6.07, 6.45) is 0. The molecule has 27 heavy (non-hydrogen) atoms. The average Bonchev–Trinajstić information content (AvgIpc) is 3.18. The summed E-state index contributed by atoms with van der Waals surface area (Å²) < 4.78 is 16.0. The minimum Gasteiger partial charge on any atom is -0.497 e. The molecule has 0 spiro atoms. The van der Waals surface area contributed by atoms with Crippen LogP contribution in [0.1, 0.15) is 35.8 Å². The Morgan fingerprint density at radius 1 is 1.15 bits per heavy atom. The van der Waals surface area contributed by atoms with Gasteiger partial charge in [-0.25, -0.2) is 0 Å². The van der Waals surface area contributed by atoms with Gasteiger partial charge in [-0.1, -0.05) is 26.0 Å². The number of methoxy groups -OCH3 is 1. The third-order valence-corrected chi connectivity index (χ3v) is 4.82. The highest BCUT2D eigenvalue weighted by Crippen LogP contribution is 2.32. The molecule has 0 radical (unpaired) electrons. The SMILES string of the molecule is CCN(CC)C(CNC(=O)c1ccc2c(c1)OCO2)c1cccc(OC)c1. The van der Waals surface area contributed by atoms with Crippen LogP contribution in [-0.4, -0.2) is 44.3 Å². The smallest absolute Gasteiger partial charge is 0.251 e. The van der Waals surface area contributed by atoms with Gasteiger partial charge in [0, 0.05) is 12.1 Å². The van der Waals surface area contributed by atoms with Crippen LogP contribution in [0.5, 0.6) is 17.2 Å². The summed E-state index contributed by atoms with van der Waals surface area (Å²) in [7, 11) is 1.66. The second kappa shape index (κ2) is 8.77. The summed E-state index contributed by atoms with van der Waals surface area (Å²) in [5.74, 6) is 1.96. The highest BCUT2D eigenvalue weighted by Gasteiger charge is 2.21. The fraction of sp³-hybridized carbons (Fsp3) is 0.381. The Morgan fingerprint density at radius 3 is 2.67 bits per heavy atom. The van der Waals surface area contributed by atoms with Crippen molar-refractivity contribution in [1.29, 1.82) is 0 Å². The van der Waals surface area contributed by atoms with Crippen LogP contribution in [0.3, 0.4) is 0 Å². The Balaban J connectivity index is 1.74. The van der Waals surface area contributed by atoms with Crippen molar-refractivity contribution in [1.82, 2.24) is 10.2 Å². The first-order valence-electron chi connectivity index (χ1n) is 9.22. The van der Waals surface area contributed by atoms with E-state index in [1.54, 1.807) is 25.3 Å². The first-order valence-corrected chi connectivity index (χ1v) is 9.22. The number of likely N-dealkylation sites (N-methyl/N-ethyl adjacent to an activating group) is 1. The molecule has 1 amide bonds. The van der Waals surface area contributed by atoms with Gasteiger partial charge in [-0.05, 0) is 49.0 Å². The molecule has 1 atom stereocenters. The number of nitrogens with zero attached hydrogens (tertiary/aromatic N) is 1. The van der Waals surface area contributed by atoms with E-state index in [0.29, 0.717) is 23.6 Å². The fourth-order valence-electron chi connectivity index (χ4n) is 3.30. The van der Waals surface area contributed by atoms with Gasteiger partial charge in [-0.3, -0.25) is 9.69 Å². The molecule has 0 saturated carbocycles. The predicted molar refractivity (Wildman–Crippen MR) is 104 cm³/mol. The minimum atomic E-state index is -0.131. The third kappa shape index (κ3) is 4.34. The van der Waals surface area contributed by atoms with Crippen molar-refractivity contribution in [2.24, 2.45) is 0 Å². The monoisotopic (exact) mass is 370 g/mol. The van der Waals surface area contributed by atoms with E-state index in [1.807, 2.05) is 18.2 Å². The lowest BCUT2D eigenvalue weighted by Crippen LogP contribution is -2.38. The molecule has 0 aromatic heterocycles. The lowest BCUT2D eigenvalue weighted by Gasteiger charge is -2.30. The van der Waals surface area contributed by atoms with Crippen molar-refractivity contribution in [3.8, 4) is 17.2 Å². The van der Waals surface area contributed by atoms with Gasteiger partial charge in [0.25, 0.3) is 5.91 Å². The molecule has 0 bridgehead atoms. The first kappa shape index (κ1) is 19.0. The molecule has 6 heteroatoms. The van der Waals surface area contributed by atoms with Crippen LogP contribution in [0.4, 0.5) is 0 Å². The molecule has 2 aromatic carbocycles. The van der Waals surface area contributed by atoms with Gasteiger partial charge in [-0.15, -0.1) is 0 Å². The number of hydrogen-bond donors (Lipinski definition) is 1. The molecule has 1 N–H and O–H groups in total. The molecule has 1 unspecified atom stereocenters. The molecule has 6 nitrogen and oxygen atoms in total. The van der Waals surface area contributed by atoms with Gasteiger partial charge >= 0.3 is 0 Å². The number of carbonyl (C=O) groups excluding carboxylic acids is 1. The number of carbonyl (C=O) groups is 1. The van der Waals surface area contributed by atoms with Crippen LogP contribution in [-0.2, 0) is 0 Å². The number of hydrogen-bond acceptors (Lipinski definition) is 5. The lowest BCUT2D eigenvalue weighted by atomic mass is 10.0. The molecular formula is C21H26N2O4. The zero-order valence-corrected chi connectivity index (χ0v) is 16.0. The van der Waals surface area contributed by atoms with Crippen molar-refractivity contribution >= 4 is 5.91 Å². The molecule has 0 fully saturated rings. The lowest BCUT2D eigenvalue weighted by molar-refractivity contribution is 0.0934. The van der Waals surface area contributed by atoms with Crippen molar-refractivity contribution < 1.29 is 19.0 Å². The predicted octanol–water partition coefficient (Wildman–Crippen LogP) is 3.24. The molecule has 0 aliphatic carbocycles. The topological polar surface area (TPSA) is 60.0 Å². The van der Waals surface area contributed by atoms with E-state index in [2.05, 4.69) is 30.1 Å². The maximum atomic E-state index is 12.7. The minimum absolute atomic E-state index is 0.0630. The molecule has 1 heterocycles. The zero-order chi connectivity index (χ0) is 19.2. The number of amides is 1. The average molecular weight is 370 g/mol. The zero-order valence-electron chi connectivity index (χ0n) is 16.0. The van der Waals surface area contributed by atoms with Crippen molar-refractivity contribution in [2.75, 3.05) is 33.5 Å². The van der Waals surface area contributed by atoms with E-state index in [1.165, 1.54) is 0 Å². The Labute approximate surface area is 160 Å². The summed E-state index contributed by atoms with van der Waals surface area (Å²) in [6, 6.07) is 13.3. The number of fused-ring (bicyclic) bond motifs is 1. The van der Waals surface area contributed by atoms with Crippen LogP contribution in [0.25, 0.3) is 0 Å². The normalized spacial score (nSPS) is 13.5. The molecule has 3 rings (SSSR count). The molecule has 1 aliphatic rings. The van der Waals surface area contributed by atoms with E-state index < -0.39 is 0 Å². The Morgan fingerprint density at radius 2 is 1.93 bits per heavy atom. The van der Waals surface area contributed by atoms with Gasteiger partial charge < -0.3 is 19.5 Å². The van der Waals surface area contributed by atoms with Gasteiger partial charge in [0.2, 0.25) is 6.79 Å². The van der Waals surface area contributed by atoms with Crippen molar-refractivity contribution in [3.63, 3.8) is 0 Å². The maximum Gasteiger partial charge on any atom is 0.251 e. The van der Waals surface area contributed by atoms with E-state index in [0.717, 1.165) is 24.4 Å². The highest BCUT2D eigenvalue weighted by molar-refractivity contribution is 5.95. The summed E-state index contributed by atoms with van der Waals surface area (Å²) in [5, 5.41) is 3.06. The number of benzene rings is 2. The van der Waals surface area contributed by atoms with Crippen LogP contribution in [0.15, 0.2) is 42.5 Å². The molecule has 144 valence electrons. The largest absolute Gasteiger partial charge is 0.497 e. The van der Waals surface area contributed by atoms with Crippen LogP contribution in [0, 0.1) is 0 Å². The van der Waals surface area contributed by atoms with Crippen LogP contribution in [0.2, 0.25) is 0 Å². The van der Waals surface area contributed by atoms with Gasteiger partial charge in [0.1, 0.15) is 5.75 Å². The standard InChI is InChI=1S/C21H26N2O4/c1-4-23(5-2)18(15-7-6-8-17(11-15)25-3)13-22-21(24)16-9-10-19-20(12-16)27-14-26-19/h6-12,18H,4-5,13-14H2,1-3H3,(H,22,24). The highest BCUT2D eigenvalue weighted by atomic mass is 16.7. The van der Waals surface area contributed by atoms with Crippen molar-refractivity contribution in [3.05, 3.63) is 53.6 Å². The van der Waals surface area contributed by atoms with Gasteiger partial charge in [0.05, 0.1) is 13.2 Å². The summed E-state index contributed by atoms with van der Waals surface area (Å²) in [4.78, 5) is 15.0. The molecule has 0 saturated heterocycles. The Hall–Kier alpha value is -2.73. The first-order chi connectivity index (χ1) is 13.2. The van der Waals surface area contributed by atoms with E-state index in [9.17, 15) is 4.79 Å². The summed E-state index contributed by atoms with van der Waals surface area (Å²) >= 11 is 0. The molecular weight excluding hydrogens is 344 g/mol. The fourth-order valence-corrected chi connectivity index (χ4v) is 3.30. The van der Waals surface area contributed by atoms with Gasteiger partial charge in [0.15, 0.2) is 11.5 Å². The second-order valence-corrected chi connectivity index (χ2v) is 6.29. The maximum absolute atomic E-state index is 12.7.